The van der Waals surface area contributed by atoms with Gasteiger partial charge in [-0.15, -0.1) is 0 Å². The van der Waals surface area contributed by atoms with Crippen LogP contribution in [0.5, 0.6) is 0 Å². The molecular weight excluding hydrogens is 182 g/mol. The molecule has 0 aromatic carbocycles. The second kappa shape index (κ2) is 4.15. The summed E-state index contributed by atoms with van der Waals surface area (Å²) in [5.41, 5.74) is 0.769. The average molecular weight is 198 g/mol. The van der Waals surface area contributed by atoms with E-state index >= 15 is 0 Å². The zero-order valence-electron chi connectivity index (χ0n) is 8.36. The minimum Gasteiger partial charge on any atom is -0.193 e. The minimum atomic E-state index is 0.0830. The second-order valence-electron chi connectivity index (χ2n) is 4.17. The molecule has 0 unspecified atom stereocenters. The molecule has 0 atom stereocenters. The lowest BCUT2D eigenvalue weighted by Gasteiger charge is -2.33. The Morgan fingerprint density at radius 2 is 1.85 bits per heavy atom. The van der Waals surface area contributed by atoms with Crippen molar-refractivity contribution in [1.82, 2.24) is 0 Å². The molecule has 1 saturated carbocycles. The summed E-state index contributed by atoms with van der Waals surface area (Å²) in [5, 5.41) is 9.54. The van der Waals surface area contributed by atoms with Gasteiger partial charge in [-0.1, -0.05) is 37.8 Å². The molecule has 1 aliphatic carbocycles. The van der Waals surface area contributed by atoms with Gasteiger partial charge in [-0.05, 0) is 19.8 Å². The number of rotatable bonds is 1. The lowest BCUT2D eigenvalue weighted by Crippen LogP contribution is -2.21. The number of hydrogen-bond acceptors (Lipinski definition) is 1. The molecule has 72 valence electrons. The van der Waals surface area contributed by atoms with E-state index in [2.05, 4.69) is 13.0 Å². The molecule has 13 heavy (non-hydrogen) atoms. The van der Waals surface area contributed by atoms with Gasteiger partial charge in [-0.2, -0.15) is 5.26 Å². The van der Waals surface area contributed by atoms with Crippen LogP contribution in [0.3, 0.4) is 0 Å². The normalized spacial score (nSPS) is 23.2. The van der Waals surface area contributed by atoms with E-state index in [-0.39, 0.29) is 5.41 Å². The smallest absolute Gasteiger partial charge is 0.0956 e. The van der Waals surface area contributed by atoms with Crippen LogP contribution in [0.4, 0.5) is 0 Å². The first-order valence-electron chi connectivity index (χ1n) is 4.87. The standard InChI is InChI=1S/C11H16ClN/c1-9(8-13)10(12)11(2)6-4-3-5-7-11/h3-7H2,1-2H3/b10-9-. The van der Waals surface area contributed by atoms with E-state index in [0.717, 1.165) is 17.9 Å². The first kappa shape index (κ1) is 10.6. The van der Waals surface area contributed by atoms with Crippen molar-refractivity contribution in [3.63, 3.8) is 0 Å². The topological polar surface area (TPSA) is 23.8 Å². The van der Waals surface area contributed by atoms with Gasteiger partial charge in [0.1, 0.15) is 0 Å². The van der Waals surface area contributed by atoms with Crippen LogP contribution in [-0.4, -0.2) is 0 Å². The van der Waals surface area contributed by atoms with E-state index < -0.39 is 0 Å². The highest BCUT2D eigenvalue weighted by atomic mass is 35.5. The molecule has 0 N–H and O–H groups in total. The van der Waals surface area contributed by atoms with E-state index in [1.54, 1.807) is 0 Å². The van der Waals surface area contributed by atoms with Crippen molar-refractivity contribution in [2.75, 3.05) is 0 Å². The third-order valence-corrected chi connectivity index (χ3v) is 3.72. The molecule has 1 nitrogen and oxygen atoms in total. The molecule has 1 fully saturated rings. The van der Waals surface area contributed by atoms with Gasteiger partial charge < -0.3 is 0 Å². The van der Waals surface area contributed by atoms with E-state index in [0.29, 0.717) is 5.57 Å². The molecule has 0 radical (unpaired) electrons. The Balaban J connectivity index is 2.86. The molecule has 0 spiro atoms. The Hall–Kier alpha value is -0.480. The van der Waals surface area contributed by atoms with E-state index in [1.807, 2.05) is 6.92 Å². The van der Waals surface area contributed by atoms with Crippen LogP contribution >= 0.6 is 11.6 Å². The predicted octanol–water partition coefficient (Wildman–Crippen LogP) is 3.99. The van der Waals surface area contributed by atoms with Crippen LogP contribution in [0, 0.1) is 16.7 Å². The van der Waals surface area contributed by atoms with E-state index in [9.17, 15) is 0 Å². The largest absolute Gasteiger partial charge is 0.193 e. The zero-order valence-corrected chi connectivity index (χ0v) is 9.12. The van der Waals surface area contributed by atoms with Gasteiger partial charge in [0.15, 0.2) is 0 Å². The summed E-state index contributed by atoms with van der Waals surface area (Å²) in [6.07, 6.45) is 6.05. The van der Waals surface area contributed by atoms with Gasteiger partial charge in [-0.3, -0.25) is 0 Å². The quantitative estimate of drug-likeness (QED) is 0.583. The predicted molar refractivity (Wildman–Crippen MR) is 55.4 cm³/mol. The van der Waals surface area contributed by atoms with Gasteiger partial charge in [0.2, 0.25) is 0 Å². The van der Waals surface area contributed by atoms with E-state index in [4.69, 9.17) is 16.9 Å². The third kappa shape index (κ3) is 2.25. The molecule has 1 aliphatic rings. The van der Waals surface area contributed by atoms with Crippen LogP contribution < -0.4 is 0 Å². The van der Waals surface area contributed by atoms with Crippen LogP contribution in [0.25, 0.3) is 0 Å². The van der Waals surface area contributed by atoms with E-state index in [1.165, 1.54) is 19.3 Å². The van der Waals surface area contributed by atoms with Crippen molar-refractivity contribution in [3.8, 4) is 6.07 Å². The van der Waals surface area contributed by atoms with Gasteiger partial charge in [0, 0.05) is 16.0 Å². The van der Waals surface area contributed by atoms with Crippen LogP contribution in [-0.2, 0) is 0 Å². The summed E-state index contributed by atoms with van der Waals surface area (Å²) < 4.78 is 0. The Morgan fingerprint density at radius 1 is 1.31 bits per heavy atom. The summed E-state index contributed by atoms with van der Waals surface area (Å²) in [7, 11) is 0. The Bertz CT molecular complexity index is 254. The van der Waals surface area contributed by atoms with Gasteiger partial charge in [-0.25, -0.2) is 0 Å². The number of nitrogens with zero attached hydrogens (tertiary/aromatic N) is 1. The number of halogens is 1. The fourth-order valence-electron chi connectivity index (χ4n) is 2.05. The highest BCUT2D eigenvalue weighted by molar-refractivity contribution is 6.30. The van der Waals surface area contributed by atoms with Crippen LogP contribution in [0.2, 0.25) is 0 Å². The molecule has 0 aromatic rings. The maximum Gasteiger partial charge on any atom is 0.0956 e. The van der Waals surface area contributed by atoms with Crippen LogP contribution in [0.15, 0.2) is 10.6 Å². The number of hydrogen-bond donors (Lipinski definition) is 0. The fourth-order valence-corrected chi connectivity index (χ4v) is 2.28. The van der Waals surface area contributed by atoms with Crippen molar-refractivity contribution < 1.29 is 0 Å². The first-order chi connectivity index (χ1) is 6.10. The lowest BCUT2D eigenvalue weighted by molar-refractivity contribution is 0.278. The number of nitriles is 1. The van der Waals surface area contributed by atoms with Crippen molar-refractivity contribution in [3.05, 3.63) is 10.6 Å². The van der Waals surface area contributed by atoms with Crippen LogP contribution in [0.1, 0.15) is 46.0 Å². The molecule has 0 amide bonds. The molecule has 1 rings (SSSR count). The van der Waals surface area contributed by atoms with Crippen molar-refractivity contribution in [2.24, 2.45) is 5.41 Å². The Kier molecular flexibility index (Phi) is 3.39. The van der Waals surface area contributed by atoms with Crippen molar-refractivity contribution >= 4 is 11.6 Å². The lowest BCUT2D eigenvalue weighted by atomic mass is 9.74. The SMILES string of the molecule is C/C(C#N)=C(/Cl)C1(C)CCCCC1. The van der Waals surface area contributed by atoms with Gasteiger partial charge in [0.05, 0.1) is 6.07 Å². The molecule has 0 bridgehead atoms. The van der Waals surface area contributed by atoms with Gasteiger partial charge in [0.25, 0.3) is 0 Å². The number of allylic oxidation sites excluding steroid dienone is 2. The maximum atomic E-state index is 8.76. The van der Waals surface area contributed by atoms with Crippen molar-refractivity contribution in [1.29, 1.82) is 5.26 Å². The highest BCUT2D eigenvalue weighted by Crippen LogP contribution is 2.44. The zero-order chi connectivity index (χ0) is 9.90. The Labute approximate surface area is 85.4 Å². The highest BCUT2D eigenvalue weighted by Gasteiger charge is 2.31. The van der Waals surface area contributed by atoms with Gasteiger partial charge >= 0.3 is 0 Å². The molecule has 2 heteroatoms. The van der Waals surface area contributed by atoms with Crippen molar-refractivity contribution in [2.45, 2.75) is 46.0 Å². The second-order valence-corrected chi connectivity index (χ2v) is 4.55. The molecule has 0 aromatic heterocycles. The fraction of sp³-hybridized carbons (Fsp3) is 0.727. The summed E-state index contributed by atoms with van der Waals surface area (Å²) in [6.45, 7) is 3.98. The summed E-state index contributed by atoms with van der Waals surface area (Å²) >= 11 is 6.21. The summed E-state index contributed by atoms with van der Waals surface area (Å²) in [5.74, 6) is 0. The first-order valence-corrected chi connectivity index (χ1v) is 5.25. The molecule has 0 saturated heterocycles. The Morgan fingerprint density at radius 3 is 2.31 bits per heavy atom. The molecule has 0 aliphatic heterocycles. The average Bonchev–Trinajstić information content (AvgIpc) is 2.16. The maximum absolute atomic E-state index is 8.76. The summed E-state index contributed by atoms with van der Waals surface area (Å²) in [4.78, 5) is 0. The minimum absolute atomic E-state index is 0.0830. The monoisotopic (exact) mass is 197 g/mol. The molecule has 0 heterocycles. The third-order valence-electron chi connectivity index (χ3n) is 2.98. The summed E-state index contributed by atoms with van der Waals surface area (Å²) in [6, 6.07) is 2.13. The molecular formula is C11H16ClN.